The van der Waals surface area contributed by atoms with Crippen molar-refractivity contribution in [2.24, 2.45) is 0 Å². The number of hydrogen-bond donors (Lipinski definition) is 2. The molecule has 0 spiro atoms. The highest BCUT2D eigenvalue weighted by Crippen LogP contribution is 2.23. The molecule has 0 bridgehead atoms. The van der Waals surface area contributed by atoms with Crippen LogP contribution in [0.25, 0.3) is 0 Å². The first-order chi connectivity index (χ1) is 6.65. The van der Waals surface area contributed by atoms with Crippen molar-refractivity contribution in [2.45, 2.75) is 37.6 Å². The van der Waals surface area contributed by atoms with Crippen LogP contribution in [0.15, 0.2) is 0 Å². The lowest BCUT2D eigenvalue weighted by Crippen LogP contribution is -2.62. The van der Waals surface area contributed by atoms with Crippen molar-refractivity contribution in [1.82, 2.24) is 5.32 Å². The standard InChI is InChI=1S/C9H19NO4/c1-5-6(10-2)7(12-3)8(13-4)9(11)14-5/h5-11H,1-4H3. The van der Waals surface area contributed by atoms with E-state index in [1.54, 1.807) is 7.11 Å². The van der Waals surface area contributed by atoms with Gasteiger partial charge < -0.3 is 24.6 Å². The van der Waals surface area contributed by atoms with Crippen LogP contribution in [-0.2, 0) is 14.2 Å². The summed E-state index contributed by atoms with van der Waals surface area (Å²) < 4.78 is 15.8. The van der Waals surface area contributed by atoms with Gasteiger partial charge in [0.05, 0.1) is 12.1 Å². The normalized spacial score (nSPS) is 43.9. The van der Waals surface area contributed by atoms with Gasteiger partial charge in [0.25, 0.3) is 0 Å². The van der Waals surface area contributed by atoms with E-state index in [1.165, 1.54) is 7.11 Å². The van der Waals surface area contributed by atoms with Gasteiger partial charge in [-0.25, -0.2) is 0 Å². The maximum absolute atomic E-state index is 9.60. The van der Waals surface area contributed by atoms with Gasteiger partial charge in [-0.1, -0.05) is 0 Å². The van der Waals surface area contributed by atoms with Gasteiger partial charge in [0.1, 0.15) is 12.2 Å². The van der Waals surface area contributed by atoms with Crippen LogP contribution in [0.5, 0.6) is 0 Å². The average molecular weight is 205 g/mol. The summed E-state index contributed by atoms with van der Waals surface area (Å²) in [6.07, 6.45) is -1.69. The molecule has 5 atom stereocenters. The molecule has 1 aliphatic heterocycles. The topological polar surface area (TPSA) is 60.0 Å². The maximum Gasteiger partial charge on any atom is 0.184 e. The van der Waals surface area contributed by atoms with E-state index in [9.17, 15) is 5.11 Å². The summed E-state index contributed by atoms with van der Waals surface area (Å²) in [6, 6.07) is 0.0216. The third-order valence-electron chi connectivity index (χ3n) is 2.70. The molecular weight excluding hydrogens is 186 g/mol. The van der Waals surface area contributed by atoms with E-state index in [2.05, 4.69) is 5.32 Å². The Balaban J connectivity index is 2.76. The second-order valence-electron chi connectivity index (χ2n) is 3.45. The fraction of sp³-hybridized carbons (Fsp3) is 1.00. The monoisotopic (exact) mass is 205 g/mol. The number of methoxy groups -OCH3 is 2. The minimum absolute atomic E-state index is 0.0216. The van der Waals surface area contributed by atoms with Gasteiger partial charge in [-0.15, -0.1) is 0 Å². The van der Waals surface area contributed by atoms with Crippen LogP contribution in [0.4, 0.5) is 0 Å². The molecule has 0 aromatic heterocycles. The third-order valence-corrected chi connectivity index (χ3v) is 2.70. The Morgan fingerprint density at radius 1 is 1.21 bits per heavy atom. The van der Waals surface area contributed by atoms with Gasteiger partial charge >= 0.3 is 0 Å². The van der Waals surface area contributed by atoms with Crippen molar-refractivity contribution < 1.29 is 19.3 Å². The average Bonchev–Trinajstić information content (AvgIpc) is 2.16. The predicted molar refractivity (Wildman–Crippen MR) is 51.0 cm³/mol. The van der Waals surface area contributed by atoms with Crippen molar-refractivity contribution in [2.75, 3.05) is 21.3 Å². The summed E-state index contributed by atoms with van der Waals surface area (Å²) in [5.74, 6) is 0. The molecule has 0 aliphatic carbocycles. The van der Waals surface area contributed by atoms with Crippen LogP contribution in [0.3, 0.4) is 0 Å². The van der Waals surface area contributed by atoms with Crippen molar-refractivity contribution >= 4 is 0 Å². The number of aliphatic hydroxyl groups excluding tert-OH is 1. The lowest BCUT2D eigenvalue weighted by Gasteiger charge is -2.42. The van der Waals surface area contributed by atoms with E-state index in [-0.39, 0.29) is 18.2 Å². The molecule has 1 saturated heterocycles. The minimum Gasteiger partial charge on any atom is -0.377 e. The summed E-state index contributed by atoms with van der Waals surface area (Å²) in [5, 5.41) is 12.7. The fourth-order valence-corrected chi connectivity index (χ4v) is 1.95. The van der Waals surface area contributed by atoms with Crippen molar-refractivity contribution in [1.29, 1.82) is 0 Å². The Morgan fingerprint density at radius 3 is 2.21 bits per heavy atom. The van der Waals surface area contributed by atoms with Crippen molar-refractivity contribution in [3.63, 3.8) is 0 Å². The molecule has 14 heavy (non-hydrogen) atoms. The van der Waals surface area contributed by atoms with Crippen LogP contribution in [0, 0.1) is 0 Å². The Morgan fingerprint density at radius 2 is 1.79 bits per heavy atom. The highest BCUT2D eigenvalue weighted by atomic mass is 16.7. The number of aliphatic hydroxyl groups is 1. The summed E-state index contributed by atoms with van der Waals surface area (Å²) in [4.78, 5) is 0. The zero-order valence-electron chi connectivity index (χ0n) is 9.06. The van der Waals surface area contributed by atoms with Crippen LogP contribution in [0.1, 0.15) is 6.92 Å². The van der Waals surface area contributed by atoms with Crippen LogP contribution in [-0.4, -0.2) is 57.0 Å². The van der Waals surface area contributed by atoms with Gasteiger partial charge in [0, 0.05) is 14.2 Å². The van der Waals surface area contributed by atoms with E-state index in [1.807, 2.05) is 14.0 Å². The molecule has 0 amide bonds. The number of ether oxygens (including phenoxy) is 3. The molecule has 2 N–H and O–H groups in total. The quantitative estimate of drug-likeness (QED) is 0.640. The number of rotatable bonds is 3. The van der Waals surface area contributed by atoms with Crippen LogP contribution < -0.4 is 5.32 Å². The molecule has 84 valence electrons. The third kappa shape index (κ3) is 2.07. The molecule has 5 nitrogen and oxygen atoms in total. The van der Waals surface area contributed by atoms with E-state index >= 15 is 0 Å². The summed E-state index contributed by atoms with van der Waals surface area (Å²) in [7, 11) is 4.97. The Kier molecular flexibility index (Phi) is 4.28. The summed E-state index contributed by atoms with van der Waals surface area (Å²) in [5.41, 5.74) is 0. The molecule has 0 saturated carbocycles. The summed E-state index contributed by atoms with van der Waals surface area (Å²) in [6.45, 7) is 1.89. The molecule has 1 aliphatic rings. The van der Waals surface area contributed by atoms with E-state index in [4.69, 9.17) is 14.2 Å². The number of hydrogen-bond acceptors (Lipinski definition) is 5. The first-order valence-corrected chi connectivity index (χ1v) is 4.72. The molecule has 0 aromatic carbocycles. The maximum atomic E-state index is 9.60. The van der Waals surface area contributed by atoms with E-state index in [0.717, 1.165) is 0 Å². The van der Waals surface area contributed by atoms with E-state index < -0.39 is 12.4 Å². The number of likely N-dealkylation sites (N-methyl/N-ethyl adjacent to an activating group) is 1. The number of nitrogens with one attached hydrogen (secondary N) is 1. The predicted octanol–water partition coefficient (Wildman–Crippen LogP) is -0.659. The lowest BCUT2D eigenvalue weighted by molar-refractivity contribution is -0.263. The van der Waals surface area contributed by atoms with Gasteiger partial charge in [-0.3, -0.25) is 0 Å². The van der Waals surface area contributed by atoms with Gasteiger partial charge in [0.15, 0.2) is 6.29 Å². The second-order valence-corrected chi connectivity index (χ2v) is 3.45. The van der Waals surface area contributed by atoms with E-state index in [0.29, 0.717) is 0 Å². The highest BCUT2D eigenvalue weighted by Gasteiger charge is 2.43. The first-order valence-electron chi connectivity index (χ1n) is 4.72. The van der Waals surface area contributed by atoms with Crippen molar-refractivity contribution in [3.8, 4) is 0 Å². The van der Waals surface area contributed by atoms with Crippen LogP contribution >= 0.6 is 0 Å². The Hall–Kier alpha value is -0.200. The molecule has 1 heterocycles. The first kappa shape index (κ1) is 11.9. The molecule has 0 aromatic rings. The lowest BCUT2D eigenvalue weighted by atomic mass is 9.97. The smallest absolute Gasteiger partial charge is 0.184 e. The van der Waals surface area contributed by atoms with Gasteiger partial charge in [0.2, 0.25) is 0 Å². The second kappa shape index (κ2) is 5.04. The molecule has 5 unspecified atom stereocenters. The van der Waals surface area contributed by atoms with Gasteiger partial charge in [-0.05, 0) is 14.0 Å². The van der Waals surface area contributed by atoms with Crippen LogP contribution in [0.2, 0.25) is 0 Å². The van der Waals surface area contributed by atoms with Gasteiger partial charge in [-0.2, -0.15) is 0 Å². The fourth-order valence-electron chi connectivity index (χ4n) is 1.95. The molecule has 1 fully saturated rings. The van der Waals surface area contributed by atoms with Crippen molar-refractivity contribution in [3.05, 3.63) is 0 Å². The molecule has 0 radical (unpaired) electrons. The molecule has 5 heteroatoms. The Labute approximate surface area is 84.3 Å². The minimum atomic E-state index is -0.926. The zero-order chi connectivity index (χ0) is 10.7. The summed E-state index contributed by atoms with van der Waals surface area (Å²) >= 11 is 0. The largest absolute Gasteiger partial charge is 0.377 e. The molecular formula is C9H19NO4. The highest BCUT2D eigenvalue weighted by molar-refractivity contribution is 4.92. The molecule has 1 rings (SSSR count). The Bertz CT molecular complexity index is 162. The zero-order valence-corrected chi connectivity index (χ0v) is 9.06. The SMILES string of the molecule is CNC1C(C)OC(O)C(OC)C1OC.